The minimum Gasteiger partial charge on any atom is -0.381 e. The van der Waals surface area contributed by atoms with Crippen molar-refractivity contribution in [3.05, 3.63) is 29.8 Å². The van der Waals surface area contributed by atoms with Crippen LogP contribution in [0.25, 0.3) is 0 Å². The van der Waals surface area contributed by atoms with Crippen molar-refractivity contribution in [3.63, 3.8) is 0 Å². The Bertz CT molecular complexity index is 480. The average Bonchev–Trinajstić information content (AvgIpc) is 2.57. The number of carbonyl (C=O) groups excluding carboxylic acids is 1. The highest BCUT2D eigenvalue weighted by Crippen LogP contribution is 2.28. The van der Waals surface area contributed by atoms with Crippen LogP contribution < -0.4 is 5.32 Å². The molecular weight excluding hydrogens is 268 g/mol. The van der Waals surface area contributed by atoms with E-state index in [1.165, 1.54) is 5.56 Å². The summed E-state index contributed by atoms with van der Waals surface area (Å²) in [6.07, 6.45) is 2.11. The molecule has 2 amide bonds. The Balaban J connectivity index is 1.63. The van der Waals surface area contributed by atoms with E-state index in [2.05, 4.69) is 17.4 Å². The number of carbonyl (C=O) groups is 1. The molecule has 21 heavy (non-hydrogen) atoms. The Morgan fingerprint density at radius 2 is 1.81 bits per heavy atom. The molecule has 0 unspecified atom stereocenters. The van der Waals surface area contributed by atoms with Gasteiger partial charge in [0.2, 0.25) is 0 Å². The number of amides is 2. The first-order chi connectivity index (χ1) is 10.3. The Hall–Kier alpha value is -1.59. The Morgan fingerprint density at radius 3 is 2.57 bits per heavy atom. The molecule has 2 saturated heterocycles. The standard InChI is InChI=1S/C16H22N2O3/c19-16(18-6-10-21-11-7-18)17-15-3-1-2-14(12-15)13-4-8-20-9-5-13/h1-3,12-13H,4-11H2,(H,17,19). The van der Waals surface area contributed by atoms with E-state index in [-0.39, 0.29) is 6.03 Å². The first kappa shape index (κ1) is 14.4. The number of hydrogen-bond donors (Lipinski definition) is 1. The van der Waals surface area contributed by atoms with E-state index >= 15 is 0 Å². The van der Waals surface area contributed by atoms with Gasteiger partial charge in [-0.25, -0.2) is 4.79 Å². The number of rotatable bonds is 2. The maximum atomic E-state index is 12.2. The third kappa shape index (κ3) is 3.74. The monoisotopic (exact) mass is 290 g/mol. The van der Waals surface area contributed by atoms with Crippen molar-refractivity contribution in [1.82, 2.24) is 4.90 Å². The number of urea groups is 1. The maximum Gasteiger partial charge on any atom is 0.321 e. The average molecular weight is 290 g/mol. The molecule has 2 heterocycles. The molecule has 0 radical (unpaired) electrons. The second-order valence-corrected chi connectivity index (χ2v) is 5.54. The highest BCUT2D eigenvalue weighted by molar-refractivity contribution is 5.89. The van der Waals surface area contributed by atoms with Gasteiger partial charge in [-0.05, 0) is 36.5 Å². The highest BCUT2D eigenvalue weighted by atomic mass is 16.5. The van der Waals surface area contributed by atoms with Crippen LogP contribution in [0.1, 0.15) is 24.3 Å². The SMILES string of the molecule is O=C(Nc1cccc(C2CCOCC2)c1)N1CCOCC1. The zero-order chi connectivity index (χ0) is 14.5. The quantitative estimate of drug-likeness (QED) is 0.910. The van der Waals surface area contributed by atoms with Gasteiger partial charge in [-0.15, -0.1) is 0 Å². The van der Waals surface area contributed by atoms with E-state index in [0.29, 0.717) is 32.2 Å². The summed E-state index contributed by atoms with van der Waals surface area (Å²) in [6, 6.07) is 8.15. The zero-order valence-electron chi connectivity index (χ0n) is 12.2. The van der Waals surface area contributed by atoms with Crippen LogP contribution in [0.4, 0.5) is 10.5 Å². The fourth-order valence-electron chi connectivity index (χ4n) is 2.87. The molecule has 0 aliphatic carbocycles. The Kier molecular flexibility index (Phi) is 4.72. The van der Waals surface area contributed by atoms with Crippen molar-refractivity contribution < 1.29 is 14.3 Å². The predicted octanol–water partition coefficient (Wildman–Crippen LogP) is 2.44. The smallest absolute Gasteiger partial charge is 0.321 e. The molecule has 0 bridgehead atoms. The van der Waals surface area contributed by atoms with E-state index in [1.54, 1.807) is 4.90 Å². The van der Waals surface area contributed by atoms with Gasteiger partial charge in [-0.1, -0.05) is 12.1 Å². The van der Waals surface area contributed by atoms with Gasteiger partial charge in [0.1, 0.15) is 0 Å². The number of ether oxygens (including phenoxy) is 2. The lowest BCUT2D eigenvalue weighted by Crippen LogP contribution is -2.43. The molecule has 5 heteroatoms. The molecule has 114 valence electrons. The molecule has 3 rings (SSSR count). The first-order valence-electron chi connectivity index (χ1n) is 7.64. The van der Waals surface area contributed by atoms with Gasteiger partial charge < -0.3 is 19.7 Å². The fourth-order valence-corrected chi connectivity index (χ4v) is 2.87. The summed E-state index contributed by atoms with van der Waals surface area (Å²) < 4.78 is 10.7. The molecule has 2 fully saturated rings. The molecule has 5 nitrogen and oxygen atoms in total. The van der Waals surface area contributed by atoms with E-state index < -0.39 is 0 Å². The third-order valence-electron chi connectivity index (χ3n) is 4.13. The second-order valence-electron chi connectivity index (χ2n) is 5.54. The van der Waals surface area contributed by atoms with Crippen molar-refractivity contribution >= 4 is 11.7 Å². The fraction of sp³-hybridized carbons (Fsp3) is 0.562. The van der Waals surface area contributed by atoms with Crippen molar-refractivity contribution in [2.45, 2.75) is 18.8 Å². The molecule has 1 N–H and O–H groups in total. The lowest BCUT2D eigenvalue weighted by molar-refractivity contribution is 0.0564. The summed E-state index contributed by atoms with van der Waals surface area (Å²) in [5.74, 6) is 0.541. The van der Waals surface area contributed by atoms with Crippen LogP contribution in [-0.4, -0.2) is 50.4 Å². The summed E-state index contributed by atoms with van der Waals surface area (Å²) in [6.45, 7) is 4.21. The number of anilines is 1. The highest BCUT2D eigenvalue weighted by Gasteiger charge is 2.18. The van der Waals surface area contributed by atoms with E-state index in [9.17, 15) is 4.79 Å². The summed E-state index contributed by atoms with van der Waals surface area (Å²) in [5, 5.41) is 2.99. The number of nitrogens with zero attached hydrogens (tertiary/aromatic N) is 1. The second kappa shape index (κ2) is 6.91. The molecule has 2 aliphatic heterocycles. The molecule has 0 atom stereocenters. The van der Waals surface area contributed by atoms with E-state index in [0.717, 1.165) is 31.7 Å². The zero-order valence-corrected chi connectivity index (χ0v) is 12.2. The molecule has 0 saturated carbocycles. The largest absolute Gasteiger partial charge is 0.381 e. The first-order valence-corrected chi connectivity index (χ1v) is 7.64. The summed E-state index contributed by atoms with van der Waals surface area (Å²) in [7, 11) is 0. The minimum atomic E-state index is -0.0394. The van der Waals surface area contributed by atoms with Crippen LogP contribution in [0.5, 0.6) is 0 Å². The van der Waals surface area contributed by atoms with Crippen LogP contribution in [-0.2, 0) is 9.47 Å². The van der Waals surface area contributed by atoms with Crippen molar-refractivity contribution in [1.29, 1.82) is 0 Å². The molecule has 2 aliphatic rings. The van der Waals surface area contributed by atoms with Gasteiger partial charge in [-0.2, -0.15) is 0 Å². The summed E-state index contributed by atoms with van der Waals surface area (Å²) >= 11 is 0. The Labute approximate surface area is 125 Å². The third-order valence-corrected chi connectivity index (χ3v) is 4.13. The Morgan fingerprint density at radius 1 is 1.10 bits per heavy atom. The topological polar surface area (TPSA) is 50.8 Å². The lowest BCUT2D eigenvalue weighted by Gasteiger charge is -2.27. The van der Waals surface area contributed by atoms with Crippen LogP contribution in [0.2, 0.25) is 0 Å². The summed E-state index contributed by atoms with van der Waals surface area (Å²) in [5.41, 5.74) is 2.16. The van der Waals surface area contributed by atoms with Gasteiger partial charge in [0, 0.05) is 32.0 Å². The molecule has 1 aromatic carbocycles. The number of nitrogens with one attached hydrogen (secondary N) is 1. The molecule has 0 aromatic heterocycles. The maximum absolute atomic E-state index is 12.2. The van der Waals surface area contributed by atoms with Gasteiger partial charge in [0.15, 0.2) is 0 Å². The van der Waals surface area contributed by atoms with Crippen molar-refractivity contribution in [2.75, 3.05) is 44.8 Å². The molecular formula is C16H22N2O3. The van der Waals surface area contributed by atoms with E-state index in [1.807, 2.05) is 12.1 Å². The van der Waals surface area contributed by atoms with Crippen LogP contribution >= 0.6 is 0 Å². The number of hydrogen-bond acceptors (Lipinski definition) is 3. The molecule has 0 spiro atoms. The van der Waals surface area contributed by atoms with Crippen LogP contribution in [0, 0.1) is 0 Å². The molecule has 1 aromatic rings. The van der Waals surface area contributed by atoms with Gasteiger partial charge in [0.05, 0.1) is 13.2 Å². The van der Waals surface area contributed by atoms with Crippen LogP contribution in [0.3, 0.4) is 0 Å². The summed E-state index contributed by atoms with van der Waals surface area (Å²) in [4.78, 5) is 14.0. The number of benzene rings is 1. The van der Waals surface area contributed by atoms with E-state index in [4.69, 9.17) is 9.47 Å². The lowest BCUT2D eigenvalue weighted by atomic mass is 9.91. The minimum absolute atomic E-state index is 0.0394. The number of morpholine rings is 1. The van der Waals surface area contributed by atoms with Crippen molar-refractivity contribution in [3.8, 4) is 0 Å². The van der Waals surface area contributed by atoms with Crippen molar-refractivity contribution in [2.24, 2.45) is 0 Å². The van der Waals surface area contributed by atoms with Gasteiger partial charge >= 0.3 is 6.03 Å². The van der Waals surface area contributed by atoms with Gasteiger partial charge in [0.25, 0.3) is 0 Å². The normalized spacial score (nSPS) is 20.3. The van der Waals surface area contributed by atoms with Crippen LogP contribution in [0.15, 0.2) is 24.3 Å². The van der Waals surface area contributed by atoms with Gasteiger partial charge in [-0.3, -0.25) is 0 Å². The predicted molar refractivity (Wildman–Crippen MR) is 80.6 cm³/mol.